The van der Waals surface area contributed by atoms with Crippen LogP contribution in [0.25, 0.3) is 11.0 Å². The third-order valence-electron chi connectivity index (χ3n) is 3.95. The van der Waals surface area contributed by atoms with Crippen molar-refractivity contribution < 1.29 is 13.9 Å². The summed E-state index contributed by atoms with van der Waals surface area (Å²) in [4.78, 5) is 14.4. The molecule has 1 heterocycles. The van der Waals surface area contributed by atoms with Gasteiger partial charge in [0.1, 0.15) is 11.3 Å². The fourth-order valence-electron chi connectivity index (χ4n) is 2.63. The molecule has 0 saturated carbocycles. The molecule has 1 amide bonds. The summed E-state index contributed by atoms with van der Waals surface area (Å²) in [6.07, 6.45) is 0. The van der Waals surface area contributed by atoms with Crippen molar-refractivity contribution in [3.63, 3.8) is 0 Å². The molecule has 3 aromatic rings. The van der Waals surface area contributed by atoms with Crippen LogP contribution in [0.1, 0.15) is 21.7 Å². The number of methoxy groups -OCH3 is 1. The molecule has 0 unspecified atom stereocenters. The Labute approximate surface area is 135 Å². The highest BCUT2D eigenvalue weighted by Gasteiger charge is 2.21. The molecule has 2 aromatic carbocycles. The lowest BCUT2D eigenvalue weighted by atomic mass is 10.1. The van der Waals surface area contributed by atoms with E-state index in [0.717, 1.165) is 22.3 Å². The van der Waals surface area contributed by atoms with Crippen molar-refractivity contribution in [3.8, 4) is 5.75 Å². The van der Waals surface area contributed by atoms with Gasteiger partial charge in [-0.2, -0.15) is 0 Å². The number of nitrogens with zero attached hydrogens (tertiary/aromatic N) is 1. The van der Waals surface area contributed by atoms with Gasteiger partial charge in [0.15, 0.2) is 5.76 Å². The molecule has 23 heavy (non-hydrogen) atoms. The van der Waals surface area contributed by atoms with Crippen LogP contribution in [0.4, 0.5) is 0 Å². The Morgan fingerprint density at radius 1 is 1.17 bits per heavy atom. The quantitative estimate of drug-likeness (QED) is 0.731. The van der Waals surface area contributed by atoms with Crippen LogP contribution in [-0.2, 0) is 6.54 Å². The molecule has 0 aliphatic rings. The molecular formula is C19H19NO3. The minimum absolute atomic E-state index is 0.124. The molecule has 0 saturated heterocycles. The van der Waals surface area contributed by atoms with Gasteiger partial charge in [-0.3, -0.25) is 4.79 Å². The summed E-state index contributed by atoms with van der Waals surface area (Å²) in [5.41, 5.74) is 2.61. The predicted octanol–water partition coefficient (Wildman–Crippen LogP) is 4.02. The van der Waals surface area contributed by atoms with Crippen molar-refractivity contribution in [1.82, 2.24) is 4.90 Å². The van der Waals surface area contributed by atoms with Gasteiger partial charge in [0.05, 0.1) is 7.11 Å². The first-order valence-electron chi connectivity index (χ1n) is 7.46. The molecule has 0 N–H and O–H groups in total. The van der Waals surface area contributed by atoms with Gasteiger partial charge in [-0.15, -0.1) is 0 Å². The number of hydrogen-bond donors (Lipinski definition) is 0. The van der Waals surface area contributed by atoms with Crippen molar-refractivity contribution >= 4 is 16.9 Å². The highest BCUT2D eigenvalue weighted by atomic mass is 16.5. The van der Waals surface area contributed by atoms with E-state index in [2.05, 4.69) is 0 Å². The highest BCUT2D eigenvalue weighted by molar-refractivity contribution is 5.99. The van der Waals surface area contributed by atoms with Crippen LogP contribution in [0.15, 0.2) is 52.9 Å². The zero-order chi connectivity index (χ0) is 16.4. The van der Waals surface area contributed by atoms with Crippen LogP contribution >= 0.6 is 0 Å². The van der Waals surface area contributed by atoms with E-state index in [0.29, 0.717) is 17.9 Å². The summed E-state index contributed by atoms with van der Waals surface area (Å²) >= 11 is 0. The summed E-state index contributed by atoms with van der Waals surface area (Å²) in [7, 11) is 3.40. The minimum Gasteiger partial charge on any atom is -0.497 e. The molecule has 4 heteroatoms. The first-order valence-corrected chi connectivity index (χ1v) is 7.46. The van der Waals surface area contributed by atoms with E-state index in [1.807, 2.05) is 55.5 Å². The van der Waals surface area contributed by atoms with Crippen LogP contribution in [0.2, 0.25) is 0 Å². The SMILES string of the molecule is COc1ccc2oc(C(=O)N(C)Cc3ccccc3)c(C)c2c1. The van der Waals surface area contributed by atoms with Crippen molar-refractivity contribution in [2.75, 3.05) is 14.2 Å². The summed E-state index contributed by atoms with van der Waals surface area (Å²) in [5, 5.41) is 0.904. The van der Waals surface area contributed by atoms with Gasteiger partial charge in [0.2, 0.25) is 0 Å². The molecule has 0 aliphatic carbocycles. The van der Waals surface area contributed by atoms with Gasteiger partial charge in [-0.25, -0.2) is 0 Å². The van der Waals surface area contributed by atoms with E-state index in [4.69, 9.17) is 9.15 Å². The minimum atomic E-state index is -0.124. The number of rotatable bonds is 4. The summed E-state index contributed by atoms with van der Waals surface area (Å²) in [5.74, 6) is 1.01. The second kappa shape index (κ2) is 6.16. The van der Waals surface area contributed by atoms with Gasteiger partial charge in [-0.1, -0.05) is 30.3 Å². The van der Waals surface area contributed by atoms with Crippen LogP contribution < -0.4 is 4.74 Å². The monoisotopic (exact) mass is 309 g/mol. The molecule has 0 radical (unpaired) electrons. The third-order valence-corrected chi connectivity index (χ3v) is 3.95. The van der Waals surface area contributed by atoms with E-state index >= 15 is 0 Å². The fraction of sp³-hybridized carbons (Fsp3) is 0.211. The number of furan rings is 1. The van der Waals surface area contributed by atoms with E-state index in [1.165, 1.54) is 0 Å². The second-order valence-electron chi connectivity index (χ2n) is 5.57. The van der Waals surface area contributed by atoms with Crippen molar-refractivity contribution in [2.24, 2.45) is 0 Å². The van der Waals surface area contributed by atoms with Gasteiger partial charge in [0, 0.05) is 24.5 Å². The molecular weight excluding hydrogens is 290 g/mol. The highest BCUT2D eigenvalue weighted by Crippen LogP contribution is 2.29. The molecule has 0 atom stereocenters. The van der Waals surface area contributed by atoms with E-state index in [-0.39, 0.29) is 5.91 Å². The third kappa shape index (κ3) is 2.93. The molecule has 0 fully saturated rings. The average molecular weight is 309 g/mol. The van der Waals surface area contributed by atoms with Crippen LogP contribution in [0.5, 0.6) is 5.75 Å². The Hall–Kier alpha value is -2.75. The number of carbonyl (C=O) groups excluding carboxylic acids is 1. The average Bonchev–Trinajstić information content (AvgIpc) is 2.91. The van der Waals surface area contributed by atoms with Crippen LogP contribution in [0, 0.1) is 6.92 Å². The number of aryl methyl sites for hydroxylation is 1. The van der Waals surface area contributed by atoms with Crippen LogP contribution in [0.3, 0.4) is 0 Å². The molecule has 0 bridgehead atoms. The Kier molecular flexibility index (Phi) is 4.06. The van der Waals surface area contributed by atoms with Crippen LogP contribution in [-0.4, -0.2) is 25.0 Å². The molecule has 3 rings (SSSR count). The maximum atomic E-state index is 12.7. The number of carbonyl (C=O) groups is 1. The largest absolute Gasteiger partial charge is 0.497 e. The normalized spacial score (nSPS) is 10.7. The standard InChI is InChI=1S/C19H19NO3/c1-13-16-11-15(22-3)9-10-17(16)23-18(13)19(21)20(2)12-14-7-5-4-6-8-14/h4-11H,12H2,1-3H3. The van der Waals surface area contributed by atoms with Crippen molar-refractivity contribution in [3.05, 3.63) is 65.4 Å². The smallest absolute Gasteiger partial charge is 0.289 e. The second-order valence-corrected chi connectivity index (χ2v) is 5.57. The molecule has 118 valence electrons. The van der Waals surface area contributed by atoms with Gasteiger partial charge < -0.3 is 14.1 Å². The predicted molar refractivity (Wildman–Crippen MR) is 89.7 cm³/mol. The molecule has 4 nitrogen and oxygen atoms in total. The first kappa shape index (κ1) is 15.2. The van der Waals surface area contributed by atoms with Crippen molar-refractivity contribution in [2.45, 2.75) is 13.5 Å². The summed E-state index contributed by atoms with van der Waals surface area (Å²) in [6, 6.07) is 15.4. The number of ether oxygens (including phenoxy) is 1. The number of benzene rings is 2. The zero-order valence-corrected chi connectivity index (χ0v) is 13.5. The van der Waals surface area contributed by atoms with Gasteiger partial charge in [0.25, 0.3) is 5.91 Å². The fourth-order valence-corrected chi connectivity index (χ4v) is 2.63. The maximum absolute atomic E-state index is 12.7. The number of amides is 1. The van der Waals surface area contributed by atoms with Crippen molar-refractivity contribution in [1.29, 1.82) is 0 Å². The Morgan fingerprint density at radius 2 is 1.91 bits per heavy atom. The number of hydrogen-bond acceptors (Lipinski definition) is 3. The first-order chi connectivity index (χ1) is 11.1. The maximum Gasteiger partial charge on any atom is 0.289 e. The Bertz CT molecular complexity index is 836. The van der Waals surface area contributed by atoms with E-state index in [9.17, 15) is 4.79 Å². The number of fused-ring (bicyclic) bond motifs is 1. The van der Waals surface area contributed by atoms with Gasteiger partial charge in [-0.05, 0) is 30.7 Å². The topological polar surface area (TPSA) is 42.7 Å². The molecule has 1 aromatic heterocycles. The van der Waals surface area contributed by atoms with Gasteiger partial charge >= 0.3 is 0 Å². The zero-order valence-electron chi connectivity index (χ0n) is 13.5. The lowest BCUT2D eigenvalue weighted by molar-refractivity contribution is 0.0755. The lowest BCUT2D eigenvalue weighted by Crippen LogP contribution is -2.26. The Morgan fingerprint density at radius 3 is 2.61 bits per heavy atom. The summed E-state index contributed by atoms with van der Waals surface area (Å²) < 4.78 is 11.0. The van der Waals surface area contributed by atoms with E-state index < -0.39 is 0 Å². The lowest BCUT2D eigenvalue weighted by Gasteiger charge is -2.16. The summed E-state index contributed by atoms with van der Waals surface area (Å²) in [6.45, 7) is 2.44. The Balaban J connectivity index is 1.90. The molecule has 0 spiro atoms. The molecule has 0 aliphatic heterocycles. The van der Waals surface area contributed by atoms with E-state index in [1.54, 1.807) is 19.1 Å².